The van der Waals surface area contributed by atoms with Crippen LogP contribution in [0.25, 0.3) is 0 Å². The molecule has 0 spiro atoms. The molecule has 0 saturated carbocycles. The second-order valence-corrected chi connectivity index (χ2v) is 8.16. The maximum atomic E-state index is 11.8. The van der Waals surface area contributed by atoms with Crippen molar-refractivity contribution in [3.05, 3.63) is 0 Å². The highest BCUT2D eigenvalue weighted by Gasteiger charge is 2.14. The zero-order valence-electron chi connectivity index (χ0n) is 14.8. The summed E-state index contributed by atoms with van der Waals surface area (Å²) in [5, 5.41) is 3.03. The molecule has 0 heterocycles. The van der Waals surface area contributed by atoms with Crippen LogP contribution in [0, 0.1) is 10.8 Å². The predicted octanol–water partition coefficient (Wildman–Crippen LogP) is 3.69. The van der Waals surface area contributed by atoms with Crippen LogP contribution in [0.2, 0.25) is 0 Å². The Hall–Kier alpha value is -0.570. The zero-order valence-corrected chi connectivity index (χ0v) is 14.8. The number of rotatable bonds is 8. The quantitative estimate of drug-likeness (QED) is 0.737. The Kier molecular flexibility index (Phi) is 8.41. The van der Waals surface area contributed by atoms with Gasteiger partial charge in [-0.2, -0.15) is 0 Å². The van der Waals surface area contributed by atoms with Crippen LogP contribution in [0.4, 0.5) is 0 Å². The van der Waals surface area contributed by atoms with Crippen molar-refractivity contribution in [3.63, 3.8) is 0 Å². The van der Waals surface area contributed by atoms with E-state index in [1.165, 1.54) is 6.42 Å². The van der Waals surface area contributed by atoms with E-state index in [2.05, 4.69) is 58.7 Å². The van der Waals surface area contributed by atoms with Crippen molar-refractivity contribution in [1.82, 2.24) is 10.2 Å². The molecule has 0 atom stereocenters. The van der Waals surface area contributed by atoms with Gasteiger partial charge in [0, 0.05) is 19.5 Å². The second kappa shape index (κ2) is 8.66. The lowest BCUT2D eigenvalue weighted by atomic mass is 9.92. The van der Waals surface area contributed by atoms with Crippen molar-refractivity contribution >= 4 is 5.91 Å². The lowest BCUT2D eigenvalue weighted by Gasteiger charge is -2.25. The molecule has 0 bridgehead atoms. The predicted molar refractivity (Wildman–Crippen MR) is 87.9 cm³/mol. The van der Waals surface area contributed by atoms with E-state index in [1.54, 1.807) is 0 Å². The van der Waals surface area contributed by atoms with Crippen molar-refractivity contribution in [2.24, 2.45) is 10.8 Å². The molecule has 0 aliphatic rings. The van der Waals surface area contributed by atoms with Gasteiger partial charge in [0.25, 0.3) is 0 Å². The Bertz CT molecular complexity index is 274. The van der Waals surface area contributed by atoms with Crippen LogP contribution in [0.5, 0.6) is 0 Å². The summed E-state index contributed by atoms with van der Waals surface area (Å²) in [6.07, 6.45) is 2.81. The van der Waals surface area contributed by atoms with Crippen molar-refractivity contribution in [2.45, 2.75) is 67.7 Å². The average Bonchev–Trinajstić information content (AvgIpc) is 2.26. The minimum Gasteiger partial charge on any atom is -0.356 e. The standard InChI is InChI=1S/C17H36N2O/c1-8-19(14-11-17(5,6)7)13-9-15(20)18-12-10-16(2,3)4/h8-14H2,1-7H3,(H,18,20). The zero-order chi connectivity index (χ0) is 15.8. The highest BCUT2D eigenvalue weighted by atomic mass is 16.1. The van der Waals surface area contributed by atoms with Gasteiger partial charge in [-0.3, -0.25) is 4.79 Å². The molecule has 0 rings (SSSR count). The van der Waals surface area contributed by atoms with Crippen LogP contribution in [-0.4, -0.2) is 37.0 Å². The second-order valence-electron chi connectivity index (χ2n) is 8.16. The molecule has 0 aliphatic carbocycles. The van der Waals surface area contributed by atoms with Gasteiger partial charge < -0.3 is 10.2 Å². The Balaban J connectivity index is 3.85. The molecule has 3 nitrogen and oxygen atoms in total. The minimum absolute atomic E-state index is 0.184. The molecule has 0 aromatic rings. The fourth-order valence-electron chi connectivity index (χ4n) is 1.85. The van der Waals surface area contributed by atoms with Gasteiger partial charge in [0.05, 0.1) is 0 Å². The summed E-state index contributed by atoms with van der Waals surface area (Å²) in [4.78, 5) is 14.2. The highest BCUT2D eigenvalue weighted by molar-refractivity contribution is 5.76. The molecule has 1 amide bonds. The summed E-state index contributed by atoms with van der Waals surface area (Å²) in [5.74, 6) is 0.184. The van der Waals surface area contributed by atoms with Crippen LogP contribution < -0.4 is 5.32 Å². The molecule has 0 aromatic carbocycles. The van der Waals surface area contributed by atoms with Crippen LogP contribution in [-0.2, 0) is 4.79 Å². The fourth-order valence-corrected chi connectivity index (χ4v) is 1.85. The number of nitrogens with one attached hydrogen (secondary N) is 1. The summed E-state index contributed by atoms with van der Waals surface area (Å²) in [7, 11) is 0. The highest BCUT2D eigenvalue weighted by Crippen LogP contribution is 2.19. The van der Waals surface area contributed by atoms with Gasteiger partial charge in [-0.15, -0.1) is 0 Å². The lowest BCUT2D eigenvalue weighted by Crippen LogP contribution is -2.33. The first-order valence-corrected chi connectivity index (χ1v) is 8.02. The van der Waals surface area contributed by atoms with Gasteiger partial charge in [0.15, 0.2) is 0 Å². The number of hydrogen-bond donors (Lipinski definition) is 1. The molecule has 20 heavy (non-hydrogen) atoms. The summed E-state index contributed by atoms with van der Waals surface area (Å²) in [6.45, 7) is 19.3. The van der Waals surface area contributed by atoms with Gasteiger partial charge in [-0.1, -0.05) is 48.5 Å². The number of hydrogen-bond acceptors (Lipinski definition) is 2. The largest absolute Gasteiger partial charge is 0.356 e. The van der Waals surface area contributed by atoms with E-state index < -0.39 is 0 Å². The molecule has 0 radical (unpaired) electrons. The van der Waals surface area contributed by atoms with Crippen LogP contribution >= 0.6 is 0 Å². The van der Waals surface area contributed by atoms with Crippen LogP contribution in [0.15, 0.2) is 0 Å². The molecule has 1 N–H and O–H groups in total. The maximum absolute atomic E-state index is 11.8. The Morgan fingerprint density at radius 2 is 1.50 bits per heavy atom. The van der Waals surface area contributed by atoms with Gasteiger partial charge >= 0.3 is 0 Å². The Labute approximate surface area is 126 Å². The summed E-state index contributed by atoms with van der Waals surface area (Å²) < 4.78 is 0. The van der Waals surface area contributed by atoms with E-state index in [0.717, 1.165) is 32.6 Å². The number of nitrogens with zero attached hydrogens (tertiary/aromatic N) is 1. The lowest BCUT2D eigenvalue weighted by molar-refractivity contribution is -0.121. The maximum Gasteiger partial charge on any atom is 0.221 e. The van der Waals surface area contributed by atoms with Gasteiger partial charge in [0.1, 0.15) is 0 Å². The van der Waals surface area contributed by atoms with Crippen LogP contribution in [0.1, 0.15) is 67.7 Å². The Morgan fingerprint density at radius 1 is 0.950 bits per heavy atom. The van der Waals surface area contributed by atoms with E-state index >= 15 is 0 Å². The Morgan fingerprint density at radius 3 is 1.95 bits per heavy atom. The summed E-state index contributed by atoms with van der Waals surface area (Å²) in [5.41, 5.74) is 0.651. The third-order valence-electron chi connectivity index (χ3n) is 3.48. The van der Waals surface area contributed by atoms with Crippen molar-refractivity contribution < 1.29 is 4.79 Å². The van der Waals surface area contributed by atoms with Gasteiger partial charge in [0.2, 0.25) is 5.91 Å². The van der Waals surface area contributed by atoms with E-state index in [4.69, 9.17) is 0 Å². The van der Waals surface area contributed by atoms with E-state index in [9.17, 15) is 4.79 Å². The first kappa shape index (κ1) is 19.4. The molecule has 0 fully saturated rings. The third-order valence-corrected chi connectivity index (χ3v) is 3.48. The SMILES string of the molecule is CCN(CCC(=O)NCCC(C)(C)C)CCC(C)(C)C. The summed E-state index contributed by atoms with van der Waals surface area (Å²) >= 11 is 0. The summed E-state index contributed by atoms with van der Waals surface area (Å²) in [6, 6.07) is 0. The fraction of sp³-hybridized carbons (Fsp3) is 0.941. The molecule has 120 valence electrons. The van der Waals surface area contributed by atoms with Gasteiger partial charge in [-0.25, -0.2) is 0 Å². The molecule has 0 aliphatic heterocycles. The van der Waals surface area contributed by atoms with Gasteiger partial charge in [-0.05, 0) is 36.8 Å². The van der Waals surface area contributed by atoms with Crippen molar-refractivity contribution in [2.75, 3.05) is 26.2 Å². The molecule has 0 saturated heterocycles. The first-order valence-electron chi connectivity index (χ1n) is 8.02. The van der Waals surface area contributed by atoms with Crippen LogP contribution in [0.3, 0.4) is 0 Å². The minimum atomic E-state index is 0.184. The first-order chi connectivity index (χ1) is 9.03. The molecule has 3 heteroatoms. The van der Waals surface area contributed by atoms with E-state index in [0.29, 0.717) is 11.8 Å². The normalized spacial score (nSPS) is 12.8. The topological polar surface area (TPSA) is 32.3 Å². The molecular formula is C17H36N2O. The van der Waals surface area contributed by atoms with E-state index in [-0.39, 0.29) is 11.3 Å². The number of amides is 1. The molecule has 0 unspecified atom stereocenters. The smallest absolute Gasteiger partial charge is 0.221 e. The number of carbonyl (C=O) groups is 1. The number of carbonyl (C=O) groups excluding carboxylic acids is 1. The molecule has 0 aromatic heterocycles. The monoisotopic (exact) mass is 284 g/mol. The molecular weight excluding hydrogens is 248 g/mol. The average molecular weight is 284 g/mol. The van der Waals surface area contributed by atoms with Crippen molar-refractivity contribution in [3.8, 4) is 0 Å². The van der Waals surface area contributed by atoms with Crippen molar-refractivity contribution in [1.29, 1.82) is 0 Å². The third kappa shape index (κ3) is 12.5. The van der Waals surface area contributed by atoms with E-state index in [1.807, 2.05) is 0 Å².